The third-order valence-electron chi connectivity index (χ3n) is 2.15. The van der Waals surface area contributed by atoms with Crippen LogP contribution in [0, 0.1) is 0 Å². The minimum Gasteiger partial charge on any atom is -0.330 e. The summed E-state index contributed by atoms with van der Waals surface area (Å²) in [6, 6.07) is 8.19. The highest BCUT2D eigenvalue weighted by Gasteiger charge is 1.96. The maximum atomic E-state index is 10.7. The number of thioether (sulfide) groups is 1. The van der Waals surface area contributed by atoms with Crippen LogP contribution in [0.4, 0.5) is 0 Å². The molecule has 0 heterocycles. The minimum absolute atomic E-state index is 0.153. The fourth-order valence-electron chi connectivity index (χ4n) is 1.42. The summed E-state index contributed by atoms with van der Waals surface area (Å²) in [7, 11) is 0. The Morgan fingerprint density at radius 3 is 2.88 bits per heavy atom. The molecule has 0 radical (unpaired) electrons. The topological polar surface area (TPSA) is 43.1 Å². The van der Waals surface area contributed by atoms with Crippen LogP contribution in [-0.2, 0) is 11.2 Å². The number of hydrogen-bond acceptors (Lipinski definition) is 3. The van der Waals surface area contributed by atoms with Crippen molar-refractivity contribution in [1.29, 1.82) is 0 Å². The number of benzene rings is 1. The summed E-state index contributed by atoms with van der Waals surface area (Å²) in [4.78, 5) is 10.7. The van der Waals surface area contributed by atoms with Crippen LogP contribution in [-0.4, -0.2) is 17.4 Å². The Morgan fingerprint density at radius 2 is 2.19 bits per heavy atom. The van der Waals surface area contributed by atoms with Gasteiger partial charge in [-0.15, -0.1) is 0 Å². The second kappa shape index (κ2) is 7.25. The van der Waals surface area contributed by atoms with Gasteiger partial charge in [-0.1, -0.05) is 48.2 Å². The molecule has 0 aliphatic rings. The molecule has 0 saturated heterocycles. The van der Waals surface area contributed by atoms with Gasteiger partial charge in [0.15, 0.2) is 5.12 Å². The zero-order valence-electron chi connectivity index (χ0n) is 9.48. The zero-order valence-corrected chi connectivity index (χ0v) is 10.3. The van der Waals surface area contributed by atoms with Crippen molar-refractivity contribution in [3.63, 3.8) is 0 Å². The van der Waals surface area contributed by atoms with Crippen molar-refractivity contribution >= 4 is 23.0 Å². The van der Waals surface area contributed by atoms with Gasteiger partial charge in [-0.3, -0.25) is 4.79 Å². The fourth-order valence-corrected chi connectivity index (χ4v) is 1.85. The predicted octanol–water partition coefficient (Wildman–Crippen LogP) is 2.48. The Kier molecular flexibility index (Phi) is 5.90. The second-order valence-electron chi connectivity index (χ2n) is 3.44. The first kappa shape index (κ1) is 13.0. The van der Waals surface area contributed by atoms with E-state index in [4.69, 9.17) is 5.73 Å². The second-order valence-corrected chi connectivity index (χ2v) is 4.64. The van der Waals surface area contributed by atoms with E-state index in [1.807, 2.05) is 18.2 Å². The standard InChI is InChI=1S/C13H17NOS/c1-11(15)16-10-4-7-12-5-2-3-6-13(12)8-9-14/h2-7H,8-10,14H2,1H3. The molecular formula is C13H17NOS. The van der Waals surface area contributed by atoms with Gasteiger partial charge in [-0.25, -0.2) is 0 Å². The van der Waals surface area contributed by atoms with Crippen molar-refractivity contribution in [3.05, 3.63) is 41.5 Å². The summed E-state index contributed by atoms with van der Waals surface area (Å²) in [6.45, 7) is 2.24. The van der Waals surface area contributed by atoms with Crippen LogP contribution >= 0.6 is 11.8 Å². The van der Waals surface area contributed by atoms with Gasteiger partial charge < -0.3 is 5.73 Å². The molecule has 0 fully saturated rings. The Morgan fingerprint density at radius 1 is 1.44 bits per heavy atom. The molecule has 0 unspecified atom stereocenters. The largest absolute Gasteiger partial charge is 0.330 e. The Bertz CT molecular complexity index is 374. The quantitative estimate of drug-likeness (QED) is 0.852. The number of hydrogen-bond donors (Lipinski definition) is 1. The van der Waals surface area contributed by atoms with Crippen LogP contribution in [0.15, 0.2) is 30.3 Å². The van der Waals surface area contributed by atoms with Crippen LogP contribution in [0.1, 0.15) is 18.1 Å². The summed E-state index contributed by atoms with van der Waals surface area (Å²) in [5.41, 5.74) is 8.00. The molecule has 0 spiro atoms. The van der Waals surface area contributed by atoms with Gasteiger partial charge in [-0.2, -0.15) is 0 Å². The van der Waals surface area contributed by atoms with Gasteiger partial charge in [0.1, 0.15) is 0 Å². The van der Waals surface area contributed by atoms with Crippen molar-refractivity contribution < 1.29 is 4.79 Å². The number of carbonyl (C=O) groups excluding carboxylic acids is 1. The summed E-state index contributed by atoms with van der Waals surface area (Å²) in [6.07, 6.45) is 4.96. The van der Waals surface area contributed by atoms with E-state index in [0.29, 0.717) is 6.54 Å². The summed E-state index contributed by atoms with van der Waals surface area (Å²) in [5, 5.41) is 0.153. The molecule has 0 aliphatic carbocycles. The molecule has 1 aromatic carbocycles. The van der Waals surface area contributed by atoms with Crippen molar-refractivity contribution in [2.45, 2.75) is 13.3 Å². The third kappa shape index (κ3) is 4.64. The lowest BCUT2D eigenvalue weighted by molar-refractivity contribution is -0.109. The molecule has 16 heavy (non-hydrogen) atoms. The Balaban J connectivity index is 2.61. The van der Waals surface area contributed by atoms with E-state index in [0.717, 1.165) is 12.2 Å². The first-order valence-corrected chi connectivity index (χ1v) is 6.30. The molecule has 2 N–H and O–H groups in total. The molecule has 0 aromatic heterocycles. The average molecular weight is 235 g/mol. The minimum atomic E-state index is 0.153. The van der Waals surface area contributed by atoms with E-state index in [1.54, 1.807) is 6.92 Å². The molecule has 1 rings (SSSR count). The van der Waals surface area contributed by atoms with E-state index < -0.39 is 0 Å². The number of nitrogens with two attached hydrogens (primary N) is 1. The van der Waals surface area contributed by atoms with E-state index in [-0.39, 0.29) is 5.12 Å². The third-order valence-corrected chi connectivity index (χ3v) is 2.91. The summed E-state index contributed by atoms with van der Waals surface area (Å²) < 4.78 is 0. The van der Waals surface area contributed by atoms with Gasteiger partial charge in [0.05, 0.1) is 0 Å². The molecular weight excluding hydrogens is 218 g/mol. The summed E-state index contributed by atoms with van der Waals surface area (Å²) in [5.74, 6) is 0.728. The van der Waals surface area contributed by atoms with E-state index in [1.165, 1.54) is 22.9 Å². The normalized spacial score (nSPS) is 10.9. The lowest BCUT2D eigenvalue weighted by atomic mass is 10.0. The smallest absolute Gasteiger partial charge is 0.186 e. The van der Waals surface area contributed by atoms with Crippen LogP contribution < -0.4 is 5.73 Å². The number of carbonyl (C=O) groups is 1. The first-order valence-electron chi connectivity index (χ1n) is 5.32. The average Bonchev–Trinajstić information content (AvgIpc) is 2.26. The lowest BCUT2D eigenvalue weighted by Gasteiger charge is -2.03. The van der Waals surface area contributed by atoms with Crippen molar-refractivity contribution in [2.24, 2.45) is 5.73 Å². The van der Waals surface area contributed by atoms with E-state index >= 15 is 0 Å². The Hall–Kier alpha value is -1.06. The highest BCUT2D eigenvalue weighted by atomic mass is 32.2. The van der Waals surface area contributed by atoms with Crippen molar-refractivity contribution in [1.82, 2.24) is 0 Å². The van der Waals surface area contributed by atoms with Gasteiger partial charge in [-0.05, 0) is 24.1 Å². The van der Waals surface area contributed by atoms with Crippen LogP contribution in [0.2, 0.25) is 0 Å². The molecule has 2 nitrogen and oxygen atoms in total. The molecule has 0 atom stereocenters. The van der Waals surface area contributed by atoms with E-state index in [2.05, 4.69) is 18.2 Å². The molecule has 86 valence electrons. The molecule has 1 aromatic rings. The van der Waals surface area contributed by atoms with Crippen LogP contribution in [0.25, 0.3) is 6.08 Å². The van der Waals surface area contributed by atoms with Crippen molar-refractivity contribution in [2.75, 3.05) is 12.3 Å². The SMILES string of the molecule is CC(=O)SCC=Cc1ccccc1CCN. The monoisotopic (exact) mass is 235 g/mol. The molecule has 0 aliphatic heterocycles. The van der Waals surface area contributed by atoms with E-state index in [9.17, 15) is 4.79 Å². The lowest BCUT2D eigenvalue weighted by Crippen LogP contribution is -2.03. The highest BCUT2D eigenvalue weighted by Crippen LogP contribution is 2.12. The zero-order chi connectivity index (χ0) is 11.8. The van der Waals surface area contributed by atoms with Gasteiger partial charge >= 0.3 is 0 Å². The van der Waals surface area contributed by atoms with Gasteiger partial charge in [0.25, 0.3) is 0 Å². The number of rotatable bonds is 5. The molecule has 0 saturated carbocycles. The maximum absolute atomic E-state index is 10.7. The highest BCUT2D eigenvalue weighted by molar-refractivity contribution is 8.13. The fraction of sp³-hybridized carbons (Fsp3) is 0.308. The predicted molar refractivity (Wildman–Crippen MR) is 71.4 cm³/mol. The first-order chi connectivity index (χ1) is 7.74. The van der Waals surface area contributed by atoms with Gasteiger partial charge in [0.2, 0.25) is 0 Å². The summed E-state index contributed by atoms with van der Waals surface area (Å²) >= 11 is 1.32. The Labute approximate surface area is 101 Å². The van der Waals surface area contributed by atoms with Crippen LogP contribution in [0.3, 0.4) is 0 Å². The molecule has 0 bridgehead atoms. The van der Waals surface area contributed by atoms with Crippen LogP contribution in [0.5, 0.6) is 0 Å². The molecule has 0 amide bonds. The van der Waals surface area contributed by atoms with Gasteiger partial charge in [0, 0.05) is 12.7 Å². The molecule has 3 heteroatoms. The maximum Gasteiger partial charge on any atom is 0.186 e. The van der Waals surface area contributed by atoms with Crippen molar-refractivity contribution in [3.8, 4) is 0 Å².